The van der Waals surface area contributed by atoms with Crippen molar-refractivity contribution in [2.24, 2.45) is 0 Å². The molecule has 0 N–H and O–H groups in total. The van der Waals surface area contributed by atoms with Crippen molar-refractivity contribution in [2.75, 3.05) is 44.3 Å². The zero-order chi connectivity index (χ0) is 17.8. The number of amides is 1. The van der Waals surface area contributed by atoms with Gasteiger partial charge >= 0.3 is 0 Å². The van der Waals surface area contributed by atoms with Gasteiger partial charge in [-0.15, -0.1) is 11.3 Å². The molecule has 0 spiro atoms. The lowest BCUT2D eigenvalue weighted by molar-refractivity contribution is 0.0678. The molecule has 1 aromatic heterocycles. The van der Waals surface area contributed by atoms with Crippen LogP contribution in [-0.2, 0) is 4.74 Å². The number of hydrogen-bond acceptors (Lipinski definition) is 6. The van der Waals surface area contributed by atoms with Crippen molar-refractivity contribution < 1.29 is 14.3 Å². The van der Waals surface area contributed by atoms with Gasteiger partial charge in [0.05, 0.1) is 6.10 Å². The zero-order valence-corrected chi connectivity index (χ0v) is 15.5. The lowest BCUT2D eigenvalue weighted by Gasteiger charge is -2.34. The van der Waals surface area contributed by atoms with Crippen LogP contribution in [0, 0.1) is 0 Å². The Morgan fingerprint density at radius 2 is 2.04 bits per heavy atom. The maximum absolute atomic E-state index is 12.7. The molecule has 0 radical (unpaired) electrons. The van der Waals surface area contributed by atoms with E-state index in [2.05, 4.69) is 9.88 Å². The van der Waals surface area contributed by atoms with Gasteiger partial charge < -0.3 is 19.3 Å². The number of piperazine rings is 1. The molecule has 26 heavy (non-hydrogen) atoms. The Balaban J connectivity index is 1.29. The molecule has 1 unspecified atom stereocenters. The first kappa shape index (κ1) is 17.3. The summed E-state index contributed by atoms with van der Waals surface area (Å²) in [6.07, 6.45) is 4.19. The molecule has 3 heterocycles. The van der Waals surface area contributed by atoms with Crippen LogP contribution in [0.1, 0.15) is 23.2 Å². The highest BCUT2D eigenvalue weighted by molar-refractivity contribution is 7.13. The van der Waals surface area contributed by atoms with Gasteiger partial charge in [0.15, 0.2) is 5.13 Å². The molecule has 0 aliphatic carbocycles. The predicted octanol–water partition coefficient (Wildman–Crippen LogP) is 2.66. The SMILES string of the molecule is O=C(c1ccc(OCC2CCCO2)cc1)N1CCN(c2nccs2)CC1. The van der Waals surface area contributed by atoms with E-state index in [1.807, 2.05) is 40.7 Å². The van der Waals surface area contributed by atoms with Gasteiger partial charge in [0.25, 0.3) is 5.91 Å². The molecule has 138 valence electrons. The van der Waals surface area contributed by atoms with Gasteiger partial charge in [-0.05, 0) is 37.1 Å². The van der Waals surface area contributed by atoms with Gasteiger partial charge in [0, 0.05) is 49.9 Å². The molecule has 2 aliphatic heterocycles. The minimum Gasteiger partial charge on any atom is -0.491 e. The summed E-state index contributed by atoms with van der Waals surface area (Å²) in [4.78, 5) is 21.2. The van der Waals surface area contributed by atoms with Crippen LogP contribution in [0.5, 0.6) is 5.75 Å². The number of anilines is 1. The molecule has 2 fully saturated rings. The third-order valence-electron chi connectivity index (χ3n) is 4.82. The van der Waals surface area contributed by atoms with E-state index in [-0.39, 0.29) is 12.0 Å². The summed E-state index contributed by atoms with van der Waals surface area (Å²) in [6.45, 7) is 4.48. The van der Waals surface area contributed by atoms with Crippen LogP contribution in [-0.4, -0.2) is 61.3 Å². The van der Waals surface area contributed by atoms with E-state index in [1.165, 1.54) is 0 Å². The Morgan fingerprint density at radius 1 is 1.23 bits per heavy atom. The van der Waals surface area contributed by atoms with Crippen LogP contribution in [0.4, 0.5) is 5.13 Å². The fourth-order valence-corrected chi connectivity index (χ4v) is 4.01. The van der Waals surface area contributed by atoms with Gasteiger partial charge in [0.2, 0.25) is 0 Å². The number of carbonyl (C=O) groups excluding carboxylic acids is 1. The lowest BCUT2D eigenvalue weighted by Crippen LogP contribution is -2.48. The Morgan fingerprint density at radius 3 is 2.69 bits per heavy atom. The number of ether oxygens (including phenoxy) is 2. The monoisotopic (exact) mass is 373 g/mol. The minimum atomic E-state index is 0.0782. The topological polar surface area (TPSA) is 54.9 Å². The number of thiazole rings is 1. The van der Waals surface area contributed by atoms with Gasteiger partial charge in [-0.25, -0.2) is 4.98 Å². The standard InChI is InChI=1S/C19H23N3O3S/c23-18(21-8-10-22(11-9-21)19-20-7-13-26-19)15-3-5-16(6-4-15)25-14-17-2-1-12-24-17/h3-7,13,17H,1-2,8-12,14H2. The van der Waals surface area contributed by atoms with Crippen molar-refractivity contribution in [3.63, 3.8) is 0 Å². The molecule has 1 aromatic carbocycles. The van der Waals surface area contributed by atoms with Crippen LogP contribution in [0.2, 0.25) is 0 Å². The molecular formula is C19H23N3O3S. The third kappa shape index (κ3) is 3.99. The number of benzene rings is 1. The Bertz CT molecular complexity index is 706. The molecule has 7 heteroatoms. The first-order chi connectivity index (χ1) is 12.8. The second kappa shape index (κ2) is 8.05. The van der Waals surface area contributed by atoms with Crippen LogP contribution in [0.15, 0.2) is 35.8 Å². The molecule has 1 atom stereocenters. The van der Waals surface area contributed by atoms with E-state index in [1.54, 1.807) is 11.3 Å². The summed E-state index contributed by atoms with van der Waals surface area (Å²) in [7, 11) is 0. The van der Waals surface area contributed by atoms with E-state index in [0.717, 1.165) is 56.5 Å². The van der Waals surface area contributed by atoms with Crippen LogP contribution >= 0.6 is 11.3 Å². The van der Waals surface area contributed by atoms with Crippen LogP contribution in [0.25, 0.3) is 0 Å². The normalized spacial score (nSPS) is 20.4. The van der Waals surface area contributed by atoms with Crippen LogP contribution in [0.3, 0.4) is 0 Å². The van der Waals surface area contributed by atoms with E-state index in [4.69, 9.17) is 9.47 Å². The van der Waals surface area contributed by atoms with E-state index >= 15 is 0 Å². The summed E-state index contributed by atoms with van der Waals surface area (Å²) in [6, 6.07) is 7.43. The van der Waals surface area contributed by atoms with Crippen molar-refractivity contribution in [2.45, 2.75) is 18.9 Å². The third-order valence-corrected chi connectivity index (χ3v) is 5.65. The summed E-state index contributed by atoms with van der Waals surface area (Å²) in [5.41, 5.74) is 0.706. The molecule has 1 amide bonds. The van der Waals surface area contributed by atoms with Crippen molar-refractivity contribution in [1.29, 1.82) is 0 Å². The zero-order valence-electron chi connectivity index (χ0n) is 14.7. The largest absolute Gasteiger partial charge is 0.491 e. The summed E-state index contributed by atoms with van der Waals surface area (Å²) >= 11 is 1.64. The molecule has 2 aromatic rings. The molecule has 2 aliphatic rings. The summed E-state index contributed by atoms with van der Waals surface area (Å²) in [5, 5.41) is 3.01. The predicted molar refractivity (Wildman–Crippen MR) is 101 cm³/mol. The smallest absolute Gasteiger partial charge is 0.253 e. The van der Waals surface area contributed by atoms with Crippen molar-refractivity contribution in [3.8, 4) is 5.75 Å². The quantitative estimate of drug-likeness (QED) is 0.807. The van der Waals surface area contributed by atoms with Crippen molar-refractivity contribution in [1.82, 2.24) is 9.88 Å². The number of rotatable bonds is 5. The second-order valence-electron chi connectivity index (χ2n) is 6.56. The molecule has 4 rings (SSSR count). The first-order valence-corrected chi connectivity index (χ1v) is 9.96. The minimum absolute atomic E-state index is 0.0782. The van der Waals surface area contributed by atoms with Gasteiger partial charge in [0.1, 0.15) is 12.4 Å². The Hall–Kier alpha value is -2.12. The lowest BCUT2D eigenvalue weighted by atomic mass is 10.1. The average molecular weight is 373 g/mol. The van der Waals surface area contributed by atoms with Gasteiger partial charge in [-0.2, -0.15) is 0 Å². The highest BCUT2D eigenvalue weighted by atomic mass is 32.1. The highest BCUT2D eigenvalue weighted by Crippen LogP contribution is 2.21. The molecular weight excluding hydrogens is 350 g/mol. The first-order valence-electron chi connectivity index (χ1n) is 9.08. The maximum Gasteiger partial charge on any atom is 0.253 e. The highest BCUT2D eigenvalue weighted by Gasteiger charge is 2.23. The van der Waals surface area contributed by atoms with Gasteiger partial charge in [-0.3, -0.25) is 4.79 Å². The van der Waals surface area contributed by atoms with E-state index < -0.39 is 0 Å². The molecule has 0 saturated carbocycles. The second-order valence-corrected chi connectivity index (χ2v) is 7.44. The summed E-state index contributed by atoms with van der Waals surface area (Å²) in [5.74, 6) is 0.861. The average Bonchev–Trinajstić information content (AvgIpc) is 3.40. The fourth-order valence-electron chi connectivity index (χ4n) is 3.31. The van der Waals surface area contributed by atoms with Gasteiger partial charge in [-0.1, -0.05) is 0 Å². The van der Waals surface area contributed by atoms with E-state index in [0.29, 0.717) is 12.2 Å². The number of aromatic nitrogens is 1. The van der Waals surface area contributed by atoms with Crippen molar-refractivity contribution >= 4 is 22.4 Å². The molecule has 2 saturated heterocycles. The van der Waals surface area contributed by atoms with E-state index in [9.17, 15) is 4.79 Å². The summed E-state index contributed by atoms with van der Waals surface area (Å²) < 4.78 is 11.3. The van der Waals surface area contributed by atoms with Crippen molar-refractivity contribution in [3.05, 3.63) is 41.4 Å². The maximum atomic E-state index is 12.7. The molecule has 0 bridgehead atoms. The number of hydrogen-bond donors (Lipinski definition) is 0. The van der Waals surface area contributed by atoms with Crippen LogP contribution < -0.4 is 9.64 Å². The number of nitrogens with zero attached hydrogens (tertiary/aromatic N) is 3. The fraction of sp³-hybridized carbons (Fsp3) is 0.474. The number of carbonyl (C=O) groups is 1. The Labute approximate surface area is 157 Å². The Kier molecular flexibility index (Phi) is 5.36. The molecule has 6 nitrogen and oxygen atoms in total.